The number of rotatable bonds is 1. The maximum absolute atomic E-state index is 5.96. The summed E-state index contributed by atoms with van der Waals surface area (Å²) in [6.45, 7) is 2.86. The predicted molar refractivity (Wildman–Crippen MR) is 96.0 cm³/mol. The number of fused-ring (bicyclic) bond motifs is 3. The van der Waals surface area contributed by atoms with Gasteiger partial charge in [-0.1, -0.05) is 0 Å². The van der Waals surface area contributed by atoms with Crippen LogP contribution in [0.25, 0.3) is 20.0 Å². The minimum atomic E-state index is 0.361. The maximum atomic E-state index is 5.96. The van der Waals surface area contributed by atoms with Crippen molar-refractivity contribution in [3.05, 3.63) is 63.2 Å². The van der Waals surface area contributed by atoms with Gasteiger partial charge in [-0.3, -0.25) is 0 Å². The second-order valence-electron chi connectivity index (χ2n) is 5.21. The second-order valence-corrected chi connectivity index (χ2v) is 8.43. The zero-order chi connectivity index (χ0) is 14.4. The summed E-state index contributed by atoms with van der Waals surface area (Å²) in [4.78, 5) is 0. The van der Waals surface area contributed by atoms with E-state index < -0.39 is 0 Å². The molecule has 2 aromatic carbocycles. The summed E-state index contributed by atoms with van der Waals surface area (Å²) in [5.74, 6) is 1.04. The van der Waals surface area contributed by atoms with Crippen LogP contribution in [0, 0.1) is 10.5 Å². The topological polar surface area (TPSA) is 9.23 Å². The second kappa shape index (κ2) is 5.31. The van der Waals surface area contributed by atoms with E-state index in [0.29, 0.717) is 21.1 Å². The Morgan fingerprint density at radius 2 is 1.86 bits per heavy atom. The summed E-state index contributed by atoms with van der Waals surface area (Å²) in [6.07, 6.45) is 0. The number of benzene rings is 2. The van der Waals surface area contributed by atoms with Gasteiger partial charge in [0.25, 0.3) is 0 Å². The van der Waals surface area contributed by atoms with Crippen LogP contribution in [0.5, 0.6) is 5.75 Å². The Bertz CT molecular complexity index is 821. The van der Waals surface area contributed by atoms with E-state index in [1.807, 2.05) is 0 Å². The molecule has 0 amide bonds. The Kier molecular flexibility index (Phi) is 3.44. The fourth-order valence-corrected chi connectivity index (χ4v) is 6.95. The van der Waals surface area contributed by atoms with Gasteiger partial charge in [0.05, 0.1) is 0 Å². The van der Waals surface area contributed by atoms with Crippen molar-refractivity contribution >= 4 is 37.1 Å². The summed E-state index contributed by atoms with van der Waals surface area (Å²) in [5.41, 5.74) is 5.35. The van der Waals surface area contributed by atoms with Crippen LogP contribution in [0.4, 0.5) is 0 Å². The molecule has 3 heteroatoms. The molecule has 0 spiro atoms. The molecule has 1 nitrogen and oxygen atoms in total. The van der Waals surface area contributed by atoms with Crippen molar-refractivity contribution in [2.24, 2.45) is 0 Å². The van der Waals surface area contributed by atoms with E-state index >= 15 is 0 Å². The Balaban J connectivity index is 1.94. The zero-order valence-electron chi connectivity index (χ0n) is 11.5. The molecule has 0 saturated heterocycles. The molecule has 1 aromatic heterocycles. The van der Waals surface area contributed by atoms with E-state index in [-0.39, 0.29) is 0 Å². The molecule has 4 rings (SSSR count). The van der Waals surface area contributed by atoms with Crippen LogP contribution in [0.1, 0.15) is 11.1 Å². The first kappa shape index (κ1) is 13.6. The molecular weight excluding hydrogens is 438 g/mol. The first-order valence-corrected chi connectivity index (χ1v) is 9.63. The molecule has 0 radical (unpaired) electrons. The van der Waals surface area contributed by atoms with Crippen molar-refractivity contribution in [1.82, 2.24) is 0 Å². The molecule has 0 N–H and O–H groups in total. The summed E-state index contributed by atoms with van der Waals surface area (Å²) >= 11 is 2.86. The Labute approximate surface area is 143 Å². The fourth-order valence-electron chi connectivity index (χ4n) is 2.66. The molecule has 0 saturated carbocycles. The third-order valence-electron chi connectivity index (χ3n) is 3.73. The van der Waals surface area contributed by atoms with Gasteiger partial charge in [0.2, 0.25) is 0 Å². The summed E-state index contributed by atoms with van der Waals surface area (Å²) in [6, 6.07) is 17.2. The van der Waals surface area contributed by atoms with E-state index in [2.05, 4.69) is 78.0 Å². The van der Waals surface area contributed by atoms with Gasteiger partial charge >= 0.3 is 144 Å². The van der Waals surface area contributed by atoms with Crippen molar-refractivity contribution in [3.8, 4) is 25.8 Å². The van der Waals surface area contributed by atoms with Crippen LogP contribution in [0.3, 0.4) is 0 Å². The average molecular weight is 451 g/mol. The Hall–Kier alpha value is -1.03. The van der Waals surface area contributed by atoms with Gasteiger partial charge in [-0.15, -0.1) is 0 Å². The quantitative estimate of drug-likeness (QED) is 0.379. The van der Waals surface area contributed by atoms with E-state index in [4.69, 9.17) is 4.74 Å². The molecule has 1 aliphatic heterocycles. The van der Waals surface area contributed by atoms with Crippen LogP contribution in [0.2, 0.25) is 0 Å². The average Bonchev–Trinajstić information content (AvgIpc) is 2.86. The van der Waals surface area contributed by atoms with Gasteiger partial charge in [0, 0.05) is 0 Å². The number of halogens is 1. The summed E-state index contributed by atoms with van der Waals surface area (Å²) in [5, 5.41) is 0. The molecule has 2 heterocycles. The van der Waals surface area contributed by atoms with E-state index in [1.165, 1.54) is 34.7 Å². The van der Waals surface area contributed by atoms with E-state index in [9.17, 15) is 0 Å². The van der Waals surface area contributed by atoms with Gasteiger partial charge in [0.15, 0.2) is 0 Å². The van der Waals surface area contributed by atoms with Gasteiger partial charge in [-0.2, -0.15) is 0 Å². The van der Waals surface area contributed by atoms with E-state index in [1.54, 1.807) is 0 Å². The summed E-state index contributed by atoms with van der Waals surface area (Å²) < 4.78 is 10.4. The minimum absolute atomic E-state index is 0.361. The van der Waals surface area contributed by atoms with Gasteiger partial charge in [-0.05, 0) is 0 Å². The van der Waals surface area contributed by atoms with E-state index in [0.717, 1.165) is 5.75 Å². The third-order valence-corrected chi connectivity index (χ3v) is 8.50. The standard InChI is InChI=1S/C18H13IOSe/c1-11-7-8-15-13(9-11)18-14(10-20-15)16(19)17(21-18)12-5-3-2-4-6-12/h2-9H,10H2,1H3. The zero-order valence-corrected chi connectivity index (χ0v) is 15.4. The van der Waals surface area contributed by atoms with Crippen LogP contribution < -0.4 is 4.74 Å². The monoisotopic (exact) mass is 452 g/mol. The number of aryl methyl sites for hydroxylation is 1. The molecule has 0 atom stereocenters. The molecule has 104 valence electrons. The molecule has 0 unspecified atom stereocenters. The van der Waals surface area contributed by atoms with Crippen molar-refractivity contribution in [3.63, 3.8) is 0 Å². The van der Waals surface area contributed by atoms with Gasteiger partial charge in [-0.25, -0.2) is 0 Å². The van der Waals surface area contributed by atoms with Gasteiger partial charge in [0.1, 0.15) is 0 Å². The van der Waals surface area contributed by atoms with Crippen LogP contribution in [-0.4, -0.2) is 14.5 Å². The molecule has 0 bridgehead atoms. The SMILES string of the molecule is Cc1ccc2c(c1)-c1[se]c(-c3ccccc3)c(I)c1CO2. The van der Waals surface area contributed by atoms with Crippen molar-refractivity contribution in [2.75, 3.05) is 0 Å². The van der Waals surface area contributed by atoms with Crippen molar-refractivity contribution in [2.45, 2.75) is 13.5 Å². The van der Waals surface area contributed by atoms with Crippen LogP contribution >= 0.6 is 22.6 Å². The third kappa shape index (κ3) is 2.28. The van der Waals surface area contributed by atoms with Gasteiger partial charge < -0.3 is 0 Å². The molecule has 0 fully saturated rings. The fraction of sp³-hybridized carbons (Fsp3) is 0.111. The normalized spacial score (nSPS) is 12.5. The van der Waals surface area contributed by atoms with Crippen molar-refractivity contribution < 1.29 is 4.74 Å². The van der Waals surface area contributed by atoms with Crippen LogP contribution in [-0.2, 0) is 6.61 Å². The number of ether oxygens (including phenoxy) is 1. The number of hydrogen-bond donors (Lipinski definition) is 0. The Morgan fingerprint density at radius 3 is 2.67 bits per heavy atom. The molecule has 21 heavy (non-hydrogen) atoms. The summed E-state index contributed by atoms with van der Waals surface area (Å²) in [7, 11) is 0. The molecule has 3 aromatic rings. The molecule has 1 aliphatic rings. The van der Waals surface area contributed by atoms with Crippen molar-refractivity contribution in [1.29, 1.82) is 0 Å². The number of hydrogen-bond acceptors (Lipinski definition) is 1. The first-order chi connectivity index (χ1) is 10.2. The molecule has 0 aliphatic carbocycles. The predicted octanol–water partition coefficient (Wildman–Crippen LogP) is 4.88. The first-order valence-electron chi connectivity index (χ1n) is 6.84. The molecular formula is C18H13IOSe. The van der Waals surface area contributed by atoms with Crippen LogP contribution in [0.15, 0.2) is 48.5 Å². The Morgan fingerprint density at radius 1 is 1.05 bits per heavy atom.